The van der Waals surface area contributed by atoms with Crippen LogP contribution in [0.2, 0.25) is 5.15 Å². The van der Waals surface area contributed by atoms with E-state index in [0.717, 1.165) is 0 Å². The van der Waals surface area contributed by atoms with E-state index in [2.05, 4.69) is 9.97 Å². The fourth-order valence-corrected chi connectivity index (χ4v) is 1.64. The Morgan fingerprint density at radius 2 is 2.18 bits per heavy atom. The van der Waals surface area contributed by atoms with Gasteiger partial charge in [-0.05, 0) is 5.92 Å². The first-order valence-electron chi connectivity index (χ1n) is 5.21. The van der Waals surface area contributed by atoms with E-state index in [9.17, 15) is 4.79 Å². The van der Waals surface area contributed by atoms with Crippen molar-refractivity contribution in [3.8, 4) is 0 Å². The summed E-state index contributed by atoms with van der Waals surface area (Å²) in [7, 11) is 0. The Morgan fingerprint density at radius 3 is 2.65 bits per heavy atom. The van der Waals surface area contributed by atoms with Gasteiger partial charge in [-0.3, -0.25) is 4.79 Å². The van der Waals surface area contributed by atoms with Gasteiger partial charge in [0.1, 0.15) is 11.0 Å². The van der Waals surface area contributed by atoms with Crippen LogP contribution in [0.4, 0.5) is 11.8 Å². The van der Waals surface area contributed by atoms with E-state index >= 15 is 0 Å². The molecule has 7 heteroatoms. The molecular weight excluding hydrogens is 242 g/mol. The number of rotatable bonds is 5. The molecule has 0 radical (unpaired) electrons. The highest BCUT2D eigenvalue weighted by atomic mass is 35.5. The van der Waals surface area contributed by atoms with Crippen molar-refractivity contribution < 1.29 is 4.79 Å². The van der Waals surface area contributed by atoms with Crippen molar-refractivity contribution in [2.45, 2.75) is 13.8 Å². The van der Waals surface area contributed by atoms with E-state index in [-0.39, 0.29) is 17.6 Å². The summed E-state index contributed by atoms with van der Waals surface area (Å²) < 4.78 is 0. The van der Waals surface area contributed by atoms with Gasteiger partial charge in [0.25, 0.3) is 0 Å². The van der Waals surface area contributed by atoms with Crippen LogP contribution >= 0.6 is 11.6 Å². The van der Waals surface area contributed by atoms with Crippen LogP contribution in [0.5, 0.6) is 0 Å². The minimum Gasteiger partial charge on any atom is -0.368 e. The fraction of sp³-hybridized carbons (Fsp3) is 0.500. The SMILES string of the molecule is CC(C)CN(CC(N)=O)c1cc(Cl)nc(N)n1. The molecule has 1 amide bonds. The summed E-state index contributed by atoms with van der Waals surface area (Å²) in [6.45, 7) is 4.76. The number of nitrogens with zero attached hydrogens (tertiary/aromatic N) is 3. The van der Waals surface area contributed by atoms with Gasteiger partial charge >= 0.3 is 0 Å². The summed E-state index contributed by atoms with van der Waals surface area (Å²) in [6.07, 6.45) is 0. The third kappa shape index (κ3) is 4.44. The monoisotopic (exact) mass is 257 g/mol. The first kappa shape index (κ1) is 13.5. The van der Waals surface area contributed by atoms with Gasteiger partial charge in [-0.25, -0.2) is 4.98 Å². The Hall–Kier alpha value is -1.56. The van der Waals surface area contributed by atoms with Crippen LogP contribution in [0.1, 0.15) is 13.8 Å². The summed E-state index contributed by atoms with van der Waals surface area (Å²) >= 11 is 5.79. The maximum absolute atomic E-state index is 11.0. The Morgan fingerprint density at radius 1 is 1.53 bits per heavy atom. The lowest BCUT2D eigenvalue weighted by molar-refractivity contribution is -0.116. The number of halogens is 1. The van der Waals surface area contributed by atoms with Crippen LogP contribution in [0.25, 0.3) is 0 Å². The lowest BCUT2D eigenvalue weighted by Crippen LogP contribution is -2.37. The van der Waals surface area contributed by atoms with Gasteiger partial charge in [0, 0.05) is 12.6 Å². The van der Waals surface area contributed by atoms with E-state index in [1.807, 2.05) is 13.8 Å². The minimum absolute atomic E-state index is 0.0744. The molecule has 0 aliphatic rings. The second-order valence-electron chi connectivity index (χ2n) is 4.15. The normalized spacial score (nSPS) is 10.6. The number of carbonyl (C=O) groups is 1. The molecule has 4 N–H and O–H groups in total. The molecule has 0 saturated carbocycles. The summed E-state index contributed by atoms with van der Waals surface area (Å²) in [5, 5.41) is 0.241. The number of primary amides is 1. The molecule has 1 rings (SSSR count). The molecule has 0 aliphatic carbocycles. The molecular formula is C10H16ClN5O. The molecule has 0 unspecified atom stereocenters. The molecule has 0 saturated heterocycles. The van der Waals surface area contributed by atoms with Crippen LogP contribution in [-0.4, -0.2) is 29.0 Å². The van der Waals surface area contributed by atoms with Crippen LogP contribution in [0, 0.1) is 5.92 Å². The van der Waals surface area contributed by atoms with Gasteiger partial charge in [-0.2, -0.15) is 4.98 Å². The number of aromatic nitrogens is 2. The predicted molar refractivity (Wildman–Crippen MR) is 67.7 cm³/mol. The molecule has 94 valence electrons. The predicted octanol–water partition coefficient (Wildman–Crippen LogP) is 0.660. The van der Waals surface area contributed by atoms with E-state index in [0.29, 0.717) is 18.3 Å². The number of nitrogen functional groups attached to an aromatic ring is 1. The van der Waals surface area contributed by atoms with Gasteiger partial charge in [0.15, 0.2) is 0 Å². The Bertz CT molecular complexity index is 389. The number of hydrogen-bond donors (Lipinski definition) is 2. The number of hydrogen-bond acceptors (Lipinski definition) is 5. The zero-order valence-electron chi connectivity index (χ0n) is 9.85. The highest BCUT2D eigenvalue weighted by molar-refractivity contribution is 6.29. The van der Waals surface area contributed by atoms with Gasteiger partial charge in [0.2, 0.25) is 11.9 Å². The molecule has 0 atom stereocenters. The molecule has 0 aromatic carbocycles. The van der Waals surface area contributed by atoms with E-state index in [1.54, 1.807) is 11.0 Å². The summed E-state index contributed by atoms with van der Waals surface area (Å²) in [4.78, 5) is 20.5. The number of nitrogens with two attached hydrogens (primary N) is 2. The van der Waals surface area contributed by atoms with Crippen LogP contribution in [-0.2, 0) is 4.79 Å². The average Bonchev–Trinajstić information content (AvgIpc) is 2.13. The second-order valence-corrected chi connectivity index (χ2v) is 4.53. The number of carbonyl (C=O) groups excluding carboxylic acids is 1. The highest BCUT2D eigenvalue weighted by Gasteiger charge is 2.14. The molecule has 1 heterocycles. The van der Waals surface area contributed by atoms with Crippen LogP contribution in [0.15, 0.2) is 6.07 Å². The Labute approximate surface area is 105 Å². The first-order chi connectivity index (χ1) is 7.88. The topological polar surface area (TPSA) is 98.1 Å². The fourth-order valence-electron chi connectivity index (χ4n) is 1.45. The third-order valence-electron chi connectivity index (χ3n) is 1.95. The summed E-state index contributed by atoms with van der Waals surface area (Å²) in [6, 6.07) is 1.56. The summed E-state index contributed by atoms with van der Waals surface area (Å²) in [5.74, 6) is 0.504. The quantitative estimate of drug-likeness (QED) is 0.755. The van der Waals surface area contributed by atoms with Crippen molar-refractivity contribution in [2.24, 2.45) is 11.7 Å². The highest BCUT2D eigenvalue weighted by Crippen LogP contribution is 2.17. The number of amides is 1. The van der Waals surface area contributed by atoms with Crippen molar-refractivity contribution >= 4 is 29.3 Å². The molecule has 1 aromatic heterocycles. The average molecular weight is 258 g/mol. The van der Waals surface area contributed by atoms with Gasteiger partial charge < -0.3 is 16.4 Å². The first-order valence-corrected chi connectivity index (χ1v) is 5.59. The van der Waals surface area contributed by atoms with Gasteiger partial charge in [-0.1, -0.05) is 25.4 Å². The molecule has 0 spiro atoms. The van der Waals surface area contributed by atoms with Crippen molar-refractivity contribution in [1.82, 2.24) is 9.97 Å². The van der Waals surface area contributed by atoms with E-state index in [1.165, 1.54) is 0 Å². The maximum Gasteiger partial charge on any atom is 0.236 e. The minimum atomic E-state index is -0.432. The van der Waals surface area contributed by atoms with Crippen molar-refractivity contribution in [1.29, 1.82) is 0 Å². The second kappa shape index (κ2) is 5.67. The third-order valence-corrected chi connectivity index (χ3v) is 2.15. The molecule has 1 aromatic rings. The molecule has 6 nitrogen and oxygen atoms in total. The van der Waals surface area contributed by atoms with Crippen LogP contribution in [0.3, 0.4) is 0 Å². The van der Waals surface area contributed by atoms with Crippen molar-refractivity contribution in [3.63, 3.8) is 0 Å². The molecule has 0 fully saturated rings. The zero-order valence-corrected chi connectivity index (χ0v) is 10.6. The number of anilines is 2. The lowest BCUT2D eigenvalue weighted by atomic mass is 10.2. The van der Waals surface area contributed by atoms with E-state index in [4.69, 9.17) is 23.1 Å². The Balaban J connectivity index is 2.98. The smallest absolute Gasteiger partial charge is 0.236 e. The molecule has 0 aliphatic heterocycles. The Kier molecular flexibility index (Phi) is 4.51. The van der Waals surface area contributed by atoms with E-state index < -0.39 is 5.91 Å². The zero-order chi connectivity index (χ0) is 13.0. The molecule has 17 heavy (non-hydrogen) atoms. The van der Waals surface area contributed by atoms with Gasteiger partial charge in [-0.15, -0.1) is 0 Å². The van der Waals surface area contributed by atoms with Crippen molar-refractivity contribution in [3.05, 3.63) is 11.2 Å². The van der Waals surface area contributed by atoms with Gasteiger partial charge in [0.05, 0.1) is 6.54 Å². The summed E-state index contributed by atoms with van der Waals surface area (Å²) in [5.41, 5.74) is 10.7. The largest absolute Gasteiger partial charge is 0.368 e. The van der Waals surface area contributed by atoms with Crippen molar-refractivity contribution in [2.75, 3.05) is 23.7 Å². The lowest BCUT2D eigenvalue weighted by Gasteiger charge is -2.24. The standard InChI is InChI=1S/C10H16ClN5O/c1-6(2)4-16(5-8(12)17)9-3-7(11)14-10(13)15-9/h3,6H,4-5H2,1-2H3,(H2,12,17)(H2,13,14,15). The van der Waals surface area contributed by atoms with Crippen LogP contribution < -0.4 is 16.4 Å². The maximum atomic E-state index is 11.0. The molecule has 0 bridgehead atoms.